The van der Waals surface area contributed by atoms with Gasteiger partial charge in [0.25, 0.3) is 0 Å². The van der Waals surface area contributed by atoms with E-state index in [0.29, 0.717) is 31.9 Å². The fourth-order valence-electron chi connectivity index (χ4n) is 2.74. The maximum atomic E-state index is 12.6. The molecule has 1 aromatic carbocycles. The molecule has 0 radical (unpaired) electrons. The van der Waals surface area contributed by atoms with Gasteiger partial charge in [0.2, 0.25) is 10.0 Å². The smallest absolute Gasteiger partial charge is 0.309 e. The Labute approximate surface area is 169 Å². The maximum absolute atomic E-state index is 12.6. The molecule has 0 bridgehead atoms. The van der Waals surface area contributed by atoms with Crippen molar-refractivity contribution in [3.63, 3.8) is 0 Å². The number of pyridine rings is 1. The van der Waals surface area contributed by atoms with Gasteiger partial charge < -0.3 is 15.4 Å². The minimum absolute atomic E-state index is 0.111. The van der Waals surface area contributed by atoms with Crippen LogP contribution in [0.1, 0.15) is 11.1 Å². The molecule has 2 N–H and O–H groups in total. The number of morpholine rings is 1. The van der Waals surface area contributed by atoms with Crippen LogP contribution < -0.4 is 10.6 Å². The highest BCUT2D eigenvalue weighted by Crippen LogP contribution is 2.17. The van der Waals surface area contributed by atoms with Crippen LogP contribution in [0, 0.1) is 0 Å². The van der Waals surface area contributed by atoms with E-state index in [1.807, 2.05) is 0 Å². The third-order valence-electron chi connectivity index (χ3n) is 4.39. The zero-order valence-corrected chi connectivity index (χ0v) is 16.5. The highest BCUT2D eigenvalue weighted by molar-refractivity contribution is 7.89. The fourth-order valence-corrected chi connectivity index (χ4v) is 4.15. The number of hydrogen-bond acceptors (Lipinski definition) is 6. The van der Waals surface area contributed by atoms with E-state index in [2.05, 4.69) is 15.6 Å². The molecule has 10 heteroatoms. The van der Waals surface area contributed by atoms with Gasteiger partial charge in [-0.3, -0.25) is 14.6 Å². The molecule has 1 saturated heterocycles. The minimum Gasteiger partial charge on any atom is -0.379 e. The number of nitrogens with zero attached hydrogens (tertiary/aromatic N) is 2. The van der Waals surface area contributed by atoms with Crippen molar-refractivity contribution in [2.75, 3.05) is 26.3 Å². The summed E-state index contributed by atoms with van der Waals surface area (Å²) in [6.45, 7) is 1.75. The number of benzene rings is 1. The molecule has 154 valence electrons. The summed E-state index contributed by atoms with van der Waals surface area (Å²) in [5, 5.41) is 5.04. The molecule has 0 atom stereocenters. The third-order valence-corrected chi connectivity index (χ3v) is 6.31. The van der Waals surface area contributed by atoms with E-state index in [0.717, 1.165) is 5.56 Å². The summed E-state index contributed by atoms with van der Waals surface area (Å²) in [7, 11) is -3.56. The number of carbonyl (C=O) groups is 2. The second-order valence-corrected chi connectivity index (χ2v) is 8.32. The van der Waals surface area contributed by atoms with E-state index in [9.17, 15) is 18.0 Å². The molecular weight excluding hydrogens is 396 g/mol. The molecule has 2 aromatic rings. The molecule has 0 saturated carbocycles. The lowest BCUT2D eigenvalue weighted by molar-refractivity contribution is -0.139. The molecule has 3 rings (SSSR count). The minimum atomic E-state index is -3.56. The average molecular weight is 418 g/mol. The lowest BCUT2D eigenvalue weighted by Gasteiger charge is -2.26. The van der Waals surface area contributed by atoms with Gasteiger partial charge in [-0.2, -0.15) is 4.31 Å². The summed E-state index contributed by atoms with van der Waals surface area (Å²) in [5.41, 5.74) is 1.51. The Morgan fingerprint density at radius 1 is 0.897 bits per heavy atom. The number of rotatable bonds is 6. The van der Waals surface area contributed by atoms with Crippen LogP contribution in [0.4, 0.5) is 0 Å². The summed E-state index contributed by atoms with van der Waals surface area (Å²) >= 11 is 0. The summed E-state index contributed by atoms with van der Waals surface area (Å²) in [6, 6.07) is 9.70. The zero-order chi connectivity index (χ0) is 20.7. The van der Waals surface area contributed by atoms with Crippen molar-refractivity contribution in [2.24, 2.45) is 0 Å². The number of hydrogen-bond donors (Lipinski definition) is 2. The van der Waals surface area contributed by atoms with Gasteiger partial charge in [-0.1, -0.05) is 12.1 Å². The van der Waals surface area contributed by atoms with Gasteiger partial charge in [0.15, 0.2) is 0 Å². The highest BCUT2D eigenvalue weighted by Gasteiger charge is 2.26. The van der Waals surface area contributed by atoms with E-state index in [4.69, 9.17) is 4.74 Å². The molecule has 1 aromatic heterocycles. The maximum Gasteiger partial charge on any atom is 0.309 e. The Morgan fingerprint density at radius 3 is 1.97 bits per heavy atom. The third kappa shape index (κ3) is 5.59. The normalized spacial score (nSPS) is 14.9. The van der Waals surface area contributed by atoms with Gasteiger partial charge in [-0.05, 0) is 35.4 Å². The number of amides is 2. The van der Waals surface area contributed by atoms with E-state index in [-0.39, 0.29) is 18.0 Å². The summed E-state index contributed by atoms with van der Waals surface area (Å²) in [4.78, 5) is 27.9. The molecule has 0 aliphatic carbocycles. The first kappa shape index (κ1) is 20.9. The number of sulfonamides is 1. The van der Waals surface area contributed by atoms with Crippen molar-refractivity contribution in [1.82, 2.24) is 19.9 Å². The number of ether oxygens (including phenoxy) is 1. The molecule has 1 aliphatic heterocycles. The molecule has 2 amide bonds. The predicted octanol–water partition coefficient (Wildman–Crippen LogP) is 0.0351. The van der Waals surface area contributed by atoms with Gasteiger partial charge in [0.05, 0.1) is 18.1 Å². The van der Waals surface area contributed by atoms with Crippen molar-refractivity contribution in [2.45, 2.75) is 18.0 Å². The van der Waals surface area contributed by atoms with Crippen LogP contribution in [0.15, 0.2) is 53.7 Å². The van der Waals surface area contributed by atoms with E-state index < -0.39 is 21.8 Å². The molecule has 0 unspecified atom stereocenters. The molecule has 1 aliphatic rings. The lowest BCUT2D eigenvalue weighted by Crippen LogP contribution is -2.40. The Bertz CT molecular complexity index is 942. The second-order valence-electron chi connectivity index (χ2n) is 6.38. The SMILES string of the molecule is O=C(NCc1ccncc1)C(=O)NCc1ccc(S(=O)(=O)N2CCOCC2)cc1. The topological polar surface area (TPSA) is 118 Å². The van der Waals surface area contributed by atoms with Crippen LogP contribution in [0.25, 0.3) is 0 Å². The van der Waals surface area contributed by atoms with E-state index in [1.165, 1.54) is 16.4 Å². The van der Waals surface area contributed by atoms with E-state index >= 15 is 0 Å². The summed E-state index contributed by atoms with van der Waals surface area (Å²) in [5.74, 6) is -1.50. The zero-order valence-electron chi connectivity index (χ0n) is 15.7. The van der Waals surface area contributed by atoms with Crippen molar-refractivity contribution >= 4 is 21.8 Å². The Hall–Kier alpha value is -2.82. The van der Waals surface area contributed by atoms with Gasteiger partial charge in [-0.25, -0.2) is 8.42 Å². The van der Waals surface area contributed by atoms with Gasteiger partial charge in [-0.15, -0.1) is 0 Å². The van der Waals surface area contributed by atoms with Crippen molar-refractivity contribution in [1.29, 1.82) is 0 Å². The number of aromatic nitrogens is 1. The van der Waals surface area contributed by atoms with Crippen LogP contribution >= 0.6 is 0 Å². The highest BCUT2D eigenvalue weighted by atomic mass is 32.2. The lowest BCUT2D eigenvalue weighted by atomic mass is 10.2. The first-order chi connectivity index (χ1) is 14.0. The van der Waals surface area contributed by atoms with Crippen molar-refractivity contribution in [3.05, 3.63) is 59.9 Å². The first-order valence-corrected chi connectivity index (χ1v) is 10.5. The number of carbonyl (C=O) groups excluding carboxylic acids is 2. The van der Waals surface area contributed by atoms with Gasteiger partial charge in [0, 0.05) is 38.6 Å². The largest absolute Gasteiger partial charge is 0.379 e. The average Bonchev–Trinajstić information content (AvgIpc) is 2.77. The van der Waals surface area contributed by atoms with Crippen LogP contribution in [0.5, 0.6) is 0 Å². The molecular formula is C19H22N4O5S. The molecule has 2 heterocycles. The predicted molar refractivity (Wildman–Crippen MR) is 104 cm³/mol. The van der Waals surface area contributed by atoms with Crippen LogP contribution in [0.2, 0.25) is 0 Å². The van der Waals surface area contributed by atoms with Crippen LogP contribution in [-0.2, 0) is 37.4 Å². The Balaban J connectivity index is 1.50. The molecule has 0 spiro atoms. The molecule has 9 nitrogen and oxygen atoms in total. The van der Waals surface area contributed by atoms with Crippen LogP contribution in [0.3, 0.4) is 0 Å². The Kier molecular flexibility index (Phi) is 6.91. The van der Waals surface area contributed by atoms with E-state index in [1.54, 1.807) is 36.7 Å². The van der Waals surface area contributed by atoms with Crippen molar-refractivity contribution < 1.29 is 22.7 Å². The number of nitrogens with one attached hydrogen (secondary N) is 2. The summed E-state index contributed by atoms with van der Waals surface area (Å²) in [6.07, 6.45) is 3.20. The van der Waals surface area contributed by atoms with Crippen molar-refractivity contribution in [3.8, 4) is 0 Å². The van der Waals surface area contributed by atoms with Gasteiger partial charge in [0.1, 0.15) is 0 Å². The Morgan fingerprint density at radius 2 is 1.41 bits per heavy atom. The monoisotopic (exact) mass is 418 g/mol. The fraction of sp³-hybridized carbons (Fsp3) is 0.316. The first-order valence-electron chi connectivity index (χ1n) is 9.08. The van der Waals surface area contributed by atoms with Gasteiger partial charge >= 0.3 is 11.8 Å². The second kappa shape index (κ2) is 9.59. The standard InChI is InChI=1S/C19H22N4O5S/c24-18(19(25)22-14-16-5-7-20-8-6-16)21-13-15-1-3-17(4-2-15)29(26,27)23-9-11-28-12-10-23/h1-8H,9-14H2,(H,21,24)(H,22,25). The quantitative estimate of drug-likeness (QED) is 0.640. The molecule has 29 heavy (non-hydrogen) atoms. The summed E-state index contributed by atoms with van der Waals surface area (Å²) < 4.78 is 31.7. The van der Waals surface area contributed by atoms with Crippen LogP contribution in [-0.4, -0.2) is 55.8 Å². The molecule has 1 fully saturated rings.